The molecule has 1 aromatic carbocycles. The molecule has 1 aromatic rings. The van der Waals surface area contributed by atoms with Gasteiger partial charge in [0.2, 0.25) is 0 Å². The summed E-state index contributed by atoms with van der Waals surface area (Å²) in [6.45, 7) is 2.13. The lowest BCUT2D eigenvalue weighted by Crippen LogP contribution is -2.56. The summed E-state index contributed by atoms with van der Waals surface area (Å²) in [6, 6.07) is 5.59. The summed E-state index contributed by atoms with van der Waals surface area (Å²) in [7, 11) is 0. The van der Waals surface area contributed by atoms with Crippen molar-refractivity contribution in [1.29, 1.82) is 0 Å². The molecule has 0 saturated carbocycles. The van der Waals surface area contributed by atoms with Crippen LogP contribution in [-0.2, 0) is 6.18 Å². The fourth-order valence-corrected chi connectivity index (χ4v) is 3.78. The zero-order valence-corrected chi connectivity index (χ0v) is 13.7. The molecule has 2 saturated heterocycles. The molecule has 25 heavy (non-hydrogen) atoms. The van der Waals surface area contributed by atoms with Crippen LogP contribution >= 0.6 is 0 Å². The average molecular weight is 360 g/mol. The van der Waals surface area contributed by atoms with Gasteiger partial charge in [0.15, 0.2) is 0 Å². The number of alkyl halides is 3. The Morgan fingerprint density at radius 2 is 1.64 bits per heavy atom. The lowest BCUT2D eigenvalue weighted by atomic mass is 10.00. The molecule has 3 N–H and O–H groups in total. The Morgan fingerprint density at radius 3 is 2.28 bits per heavy atom. The van der Waals surface area contributed by atoms with Gasteiger partial charge in [0.25, 0.3) is 0 Å². The van der Waals surface area contributed by atoms with Gasteiger partial charge in [-0.1, -0.05) is 12.1 Å². The van der Waals surface area contributed by atoms with Crippen molar-refractivity contribution >= 4 is 5.69 Å². The van der Waals surface area contributed by atoms with Crippen molar-refractivity contribution in [3.05, 3.63) is 29.8 Å². The van der Waals surface area contributed by atoms with Crippen LogP contribution < -0.4 is 4.90 Å². The quantitative estimate of drug-likeness (QED) is 0.748. The van der Waals surface area contributed by atoms with Crippen LogP contribution in [0.25, 0.3) is 0 Å². The number of rotatable bonds is 3. The Bertz CT molecular complexity index is 587. The zero-order chi connectivity index (χ0) is 18.2. The van der Waals surface area contributed by atoms with Gasteiger partial charge in [0.05, 0.1) is 17.8 Å². The Labute approximate surface area is 144 Å². The molecule has 4 atom stereocenters. The van der Waals surface area contributed by atoms with Gasteiger partial charge in [-0.2, -0.15) is 13.2 Å². The number of anilines is 1. The van der Waals surface area contributed by atoms with E-state index in [9.17, 15) is 28.5 Å². The number of hydrogen-bond acceptors (Lipinski definition) is 5. The second-order valence-corrected chi connectivity index (χ2v) is 6.96. The fraction of sp³-hybridized carbons (Fsp3) is 0.647. The van der Waals surface area contributed by atoms with Crippen LogP contribution in [0, 0.1) is 5.92 Å². The lowest BCUT2D eigenvalue weighted by Gasteiger charge is -2.38. The maximum atomic E-state index is 13.2. The normalized spacial score (nSPS) is 31.5. The summed E-state index contributed by atoms with van der Waals surface area (Å²) < 4.78 is 39.5. The molecule has 0 aromatic heterocycles. The second kappa shape index (κ2) is 7.11. The number of aliphatic hydroxyl groups excluding tert-OH is 3. The smallest absolute Gasteiger partial charge is 0.389 e. The van der Waals surface area contributed by atoms with E-state index in [-0.39, 0.29) is 24.7 Å². The minimum absolute atomic E-state index is 0.149. The number of aliphatic hydroxyl groups is 3. The maximum absolute atomic E-state index is 13.2. The van der Waals surface area contributed by atoms with Gasteiger partial charge >= 0.3 is 6.18 Å². The molecule has 0 radical (unpaired) electrons. The van der Waals surface area contributed by atoms with Crippen molar-refractivity contribution in [3.63, 3.8) is 0 Å². The molecule has 2 aliphatic rings. The number of likely N-dealkylation sites (tertiary alicyclic amines) is 1. The Morgan fingerprint density at radius 1 is 1.00 bits per heavy atom. The Kier molecular flexibility index (Phi) is 5.24. The van der Waals surface area contributed by atoms with Gasteiger partial charge in [0, 0.05) is 38.4 Å². The first kappa shape index (κ1) is 18.4. The number of para-hydroxylation sites is 1. The molecule has 1 unspecified atom stereocenters. The van der Waals surface area contributed by atoms with E-state index in [1.165, 1.54) is 12.1 Å². The summed E-state index contributed by atoms with van der Waals surface area (Å²) in [5, 5.41) is 29.1. The van der Waals surface area contributed by atoms with Crippen LogP contribution in [0.15, 0.2) is 24.3 Å². The summed E-state index contributed by atoms with van der Waals surface area (Å²) in [5.41, 5.74) is -0.422. The van der Waals surface area contributed by atoms with Crippen LogP contribution in [0.5, 0.6) is 0 Å². The van der Waals surface area contributed by atoms with Gasteiger partial charge in [0.1, 0.15) is 6.10 Å². The minimum Gasteiger partial charge on any atom is -0.389 e. The third kappa shape index (κ3) is 4.08. The lowest BCUT2D eigenvalue weighted by molar-refractivity contribution is -0.137. The van der Waals surface area contributed by atoms with Crippen molar-refractivity contribution in [3.8, 4) is 0 Å². The van der Waals surface area contributed by atoms with E-state index in [2.05, 4.69) is 0 Å². The summed E-state index contributed by atoms with van der Waals surface area (Å²) in [6.07, 6.45) is -6.79. The predicted molar refractivity (Wildman–Crippen MR) is 86.2 cm³/mol. The average Bonchev–Trinajstić information content (AvgIpc) is 3.00. The molecule has 5 nitrogen and oxygen atoms in total. The first-order valence-corrected chi connectivity index (χ1v) is 8.43. The van der Waals surface area contributed by atoms with E-state index >= 15 is 0 Å². The van der Waals surface area contributed by atoms with E-state index in [0.717, 1.165) is 12.5 Å². The first-order valence-electron chi connectivity index (χ1n) is 8.43. The molecule has 3 rings (SSSR count). The van der Waals surface area contributed by atoms with Gasteiger partial charge in [-0.3, -0.25) is 4.90 Å². The molecule has 0 aliphatic carbocycles. The molecule has 0 spiro atoms. The fourth-order valence-electron chi connectivity index (χ4n) is 3.78. The molecule has 0 bridgehead atoms. The first-order chi connectivity index (χ1) is 11.8. The summed E-state index contributed by atoms with van der Waals surface area (Å²) in [5.74, 6) is 0.149. The van der Waals surface area contributed by atoms with Gasteiger partial charge < -0.3 is 20.2 Å². The van der Waals surface area contributed by atoms with Gasteiger partial charge in [-0.15, -0.1) is 0 Å². The number of nitrogens with zero attached hydrogens (tertiary/aromatic N) is 2. The van der Waals surface area contributed by atoms with Gasteiger partial charge in [-0.05, 0) is 24.5 Å². The Balaban J connectivity index is 1.63. The molecule has 0 amide bonds. The van der Waals surface area contributed by atoms with Crippen molar-refractivity contribution in [1.82, 2.24) is 4.90 Å². The second-order valence-electron chi connectivity index (χ2n) is 6.96. The summed E-state index contributed by atoms with van der Waals surface area (Å²) >= 11 is 0. The molecule has 2 aliphatic heterocycles. The van der Waals surface area contributed by atoms with Crippen LogP contribution in [-0.4, -0.2) is 71.3 Å². The van der Waals surface area contributed by atoms with E-state index in [4.69, 9.17) is 0 Å². The van der Waals surface area contributed by atoms with Crippen molar-refractivity contribution in [2.24, 2.45) is 5.92 Å². The number of piperidine rings is 1. The highest BCUT2D eigenvalue weighted by atomic mass is 19.4. The monoisotopic (exact) mass is 360 g/mol. The third-order valence-corrected chi connectivity index (χ3v) is 5.03. The molecular formula is C17H23F3N2O3. The molecule has 2 heterocycles. The number of benzene rings is 1. The van der Waals surface area contributed by atoms with Crippen molar-refractivity contribution in [2.45, 2.75) is 30.9 Å². The van der Waals surface area contributed by atoms with Crippen LogP contribution in [0.4, 0.5) is 18.9 Å². The predicted octanol–water partition coefficient (Wildman–Crippen LogP) is 0.930. The van der Waals surface area contributed by atoms with E-state index < -0.39 is 30.1 Å². The highest BCUT2D eigenvalue weighted by molar-refractivity contribution is 5.55. The molecule has 140 valence electrons. The third-order valence-electron chi connectivity index (χ3n) is 5.03. The standard InChI is InChI=1S/C17H23F3N2O3/c18-17(19,20)12-3-1-2-4-13(12)22-6-5-11(8-22)7-21-9-14(23)16(25)15(24)10-21/h1-4,11,14-16,23-25H,5-10H2/t11-,14-,15+,16?/m1/s1. The van der Waals surface area contributed by atoms with E-state index in [1.54, 1.807) is 11.0 Å². The van der Waals surface area contributed by atoms with E-state index in [0.29, 0.717) is 19.6 Å². The van der Waals surface area contributed by atoms with Crippen LogP contribution in [0.1, 0.15) is 12.0 Å². The Hall–Kier alpha value is -1.35. The van der Waals surface area contributed by atoms with Crippen molar-refractivity contribution in [2.75, 3.05) is 37.6 Å². The highest BCUT2D eigenvalue weighted by Gasteiger charge is 2.38. The SMILES string of the molecule is OC1[C@H](O)CN(C[C@H]2CCN(c3ccccc3C(F)(F)F)C2)C[C@@H]1O. The molecular weight excluding hydrogens is 337 g/mol. The number of hydrogen-bond donors (Lipinski definition) is 3. The maximum Gasteiger partial charge on any atom is 0.418 e. The zero-order valence-electron chi connectivity index (χ0n) is 13.7. The van der Waals surface area contributed by atoms with E-state index in [1.807, 2.05) is 4.90 Å². The van der Waals surface area contributed by atoms with Gasteiger partial charge in [-0.25, -0.2) is 0 Å². The largest absolute Gasteiger partial charge is 0.418 e. The molecule has 8 heteroatoms. The van der Waals surface area contributed by atoms with Crippen molar-refractivity contribution < 1.29 is 28.5 Å². The number of halogens is 3. The topological polar surface area (TPSA) is 67.2 Å². The summed E-state index contributed by atoms with van der Waals surface area (Å²) in [4.78, 5) is 3.62. The van der Waals surface area contributed by atoms with Crippen LogP contribution in [0.2, 0.25) is 0 Å². The van der Waals surface area contributed by atoms with Crippen LogP contribution in [0.3, 0.4) is 0 Å². The highest BCUT2D eigenvalue weighted by Crippen LogP contribution is 2.38. The minimum atomic E-state index is -4.38. The molecule has 2 fully saturated rings. The number of β-amino-alcohol motifs (C(OH)–C–C–N with tert-alkyl or cyclic N) is 2.